The normalized spacial score (nSPS) is 10.3. The summed E-state index contributed by atoms with van der Waals surface area (Å²) in [7, 11) is 1.28. The molecule has 122 valence electrons. The van der Waals surface area contributed by atoms with E-state index in [2.05, 4.69) is 14.7 Å². The van der Waals surface area contributed by atoms with Gasteiger partial charge in [-0.05, 0) is 13.0 Å². The maximum Gasteiger partial charge on any atom is 0.374 e. The number of furan rings is 1. The highest BCUT2D eigenvalue weighted by atomic mass is 32.2. The number of nitrogens with two attached hydrogens (primary N) is 1. The number of anilines is 1. The first-order valence-electron chi connectivity index (χ1n) is 6.64. The van der Waals surface area contributed by atoms with E-state index in [4.69, 9.17) is 14.9 Å². The molecule has 0 saturated heterocycles. The molecule has 2 aromatic rings. The van der Waals surface area contributed by atoms with E-state index in [0.29, 0.717) is 16.5 Å². The Labute approximate surface area is 136 Å². The van der Waals surface area contributed by atoms with Crippen molar-refractivity contribution < 1.29 is 23.5 Å². The van der Waals surface area contributed by atoms with Crippen LogP contribution in [0.2, 0.25) is 0 Å². The van der Waals surface area contributed by atoms with Crippen molar-refractivity contribution in [3.8, 4) is 0 Å². The van der Waals surface area contributed by atoms with E-state index in [-0.39, 0.29) is 23.7 Å². The van der Waals surface area contributed by atoms with E-state index in [1.807, 2.05) is 0 Å². The molecule has 2 N–H and O–H groups in total. The zero-order valence-corrected chi connectivity index (χ0v) is 13.4. The average Bonchev–Trinajstić information content (AvgIpc) is 3.01. The zero-order valence-electron chi connectivity index (χ0n) is 12.6. The van der Waals surface area contributed by atoms with E-state index < -0.39 is 11.9 Å². The number of aromatic nitrogens is 2. The van der Waals surface area contributed by atoms with Crippen LogP contribution >= 0.6 is 11.8 Å². The Hall–Kier alpha value is -2.55. The molecule has 0 saturated carbocycles. The molecule has 0 fully saturated rings. The Morgan fingerprint density at radius 1 is 1.39 bits per heavy atom. The van der Waals surface area contributed by atoms with Gasteiger partial charge in [0.2, 0.25) is 5.76 Å². The van der Waals surface area contributed by atoms with Crippen LogP contribution in [0.3, 0.4) is 0 Å². The number of ether oxygens (including phenoxy) is 2. The van der Waals surface area contributed by atoms with Crippen molar-refractivity contribution in [2.24, 2.45) is 0 Å². The molecule has 0 aliphatic heterocycles. The molecule has 0 aliphatic rings. The summed E-state index contributed by atoms with van der Waals surface area (Å²) in [4.78, 5) is 31.2. The third-order valence-electron chi connectivity index (χ3n) is 2.77. The van der Waals surface area contributed by atoms with Crippen LogP contribution in [0, 0.1) is 0 Å². The standard InChI is InChI=1S/C14H15N3O5S/c1-3-21-12(18)9-6-16-14(17-11(9)15)23-7-8-4-5-22-10(8)13(19)20-2/h4-6H,3,7H2,1-2H3,(H2,15,16,17). The molecular formula is C14H15N3O5S. The quantitative estimate of drug-likeness (QED) is 0.479. The molecule has 0 atom stereocenters. The molecule has 0 unspecified atom stereocenters. The maximum atomic E-state index is 11.6. The monoisotopic (exact) mass is 337 g/mol. The number of methoxy groups -OCH3 is 1. The van der Waals surface area contributed by atoms with Crippen LogP contribution < -0.4 is 5.73 Å². The first-order chi connectivity index (χ1) is 11.1. The minimum Gasteiger partial charge on any atom is -0.463 e. The Bertz CT molecular complexity index is 716. The summed E-state index contributed by atoms with van der Waals surface area (Å²) in [5.74, 6) is -0.551. The van der Waals surface area contributed by atoms with Gasteiger partial charge < -0.3 is 19.6 Å². The first-order valence-corrected chi connectivity index (χ1v) is 7.62. The van der Waals surface area contributed by atoms with E-state index in [0.717, 1.165) is 0 Å². The molecule has 0 aliphatic carbocycles. The minimum atomic E-state index is -0.565. The van der Waals surface area contributed by atoms with Crippen LogP contribution in [-0.2, 0) is 15.2 Å². The van der Waals surface area contributed by atoms with Gasteiger partial charge in [-0.15, -0.1) is 0 Å². The van der Waals surface area contributed by atoms with E-state index >= 15 is 0 Å². The molecule has 0 radical (unpaired) electrons. The van der Waals surface area contributed by atoms with Gasteiger partial charge in [-0.3, -0.25) is 0 Å². The van der Waals surface area contributed by atoms with Crippen LogP contribution in [0.4, 0.5) is 5.82 Å². The largest absolute Gasteiger partial charge is 0.463 e. The number of nitrogens with zero attached hydrogens (tertiary/aromatic N) is 2. The van der Waals surface area contributed by atoms with Gasteiger partial charge in [0.15, 0.2) is 5.16 Å². The molecule has 23 heavy (non-hydrogen) atoms. The molecule has 0 amide bonds. The molecule has 8 nitrogen and oxygen atoms in total. The number of hydrogen-bond acceptors (Lipinski definition) is 9. The number of carbonyl (C=O) groups excluding carboxylic acids is 2. The topological polar surface area (TPSA) is 118 Å². The molecule has 0 aromatic carbocycles. The van der Waals surface area contributed by atoms with Crippen molar-refractivity contribution in [1.29, 1.82) is 0 Å². The lowest BCUT2D eigenvalue weighted by molar-refractivity contribution is 0.0524. The van der Waals surface area contributed by atoms with Gasteiger partial charge in [-0.25, -0.2) is 19.6 Å². The van der Waals surface area contributed by atoms with Crippen LogP contribution in [0.25, 0.3) is 0 Å². The Morgan fingerprint density at radius 2 is 2.17 bits per heavy atom. The van der Waals surface area contributed by atoms with Gasteiger partial charge in [-0.1, -0.05) is 11.8 Å². The summed E-state index contributed by atoms with van der Waals surface area (Å²) in [6.45, 7) is 1.94. The lowest BCUT2D eigenvalue weighted by Crippen LogP contribution is -2.10. The van der Waals surface area contributed by atoms with Crippen LogP contribution in [0.15, 0.2) is 28.1 Å². The first kappa shape index (κ1) is 16.8. The highest BCUT2D eigenvalue weighted by Crippen LogP contribution is 2.24. The molecule has 2 aromatic heterocycles. The molecule has 9 heteroatoms. The molecule has 2 rings (SSSR count). The number of esters is 2. The number of carbonyl (C=O) groups is 2. The van der Waals surface area contributed by atoms with Crippen molar-refractivity contribution in [1.82, 2.24) is 9.97 Å². The van der Waals surface area contributed by atoms with Crippen molar-refractivity contribution in [2.45, 2.75) is 17.8 Å². The number of rotatable bonds is 6. The van der Waals surface area contributed by atoms with Gasteiger partial charge in [0, 0.05) is 17.5 Å². The summed E-state index contributed by atoms with van der Waals surface area (Å²) in [6, 6.07) is 1.66. The lowest BCUT2D eigenvalue weighted by Gasteiger charge is -2.06. The van der Waals surface area contributed by atoms with Gasteiger partial charge >= 0.3 is 11.9 Å². The lowest BCUT2D eigenvalue weighted by atomic mass is 10.3. The van der Waals surface area contributed by atoms with Crippen LogP contribution in [-0.4, -0.2) is 35.6 Å². The highest BCUT2D eigenvalue weighted by Gasteiger charge is 2.17. The van der Waals surface area contributed by atoms with Gasteiger partial charge in [-0.2, -0.15) is 0 Å². The molecule has 0 bridgehead atoms. The minimum absolute atomic E-state index is 0.0429. The summed E-state index contributed by atoms with van der Waals surface area (Å²) >= 11 is 1.25. The fourth-order valence-corrected chi connectivity index (χ4v) is 2.48. The third-order valence-corrected chi connectivity index (χ3v) is 3.68. The van der Waals surface area contributed by atoms with Gasteiger partial charge in [0.1, 0.15) is 11.4 Å². The van der Waals surface area contributed by atoms with E-state index in [1.54, 1.807) is 13.0 Å². The smallest absolute Gasteiger partial charge is 0.374 e. The number of thioether (sulfide) groups is 1. The Kier molecular flexibility index (Phi) is 5.58. The summed E-state index contributed by atoms with van der Waals surface area (Å²) in [5, 5.41) is 0.368. The fourth-order valence-electron chi connectivity index (χ4n) is 1.68. The molecular weight excluding hydrogens is 322 g/mol. The maximum absolute atomic E-state index is 11.6. The SMILES string of the molecule is CCOC(=O)c1cnc(SCc2ccoc2C(=O)OC)nc1N. The predicted molar refractivity (Wildman–Crippen MR) is 82.0 cm³/mol. The van der Waals surface area contributed by atoms with Crippen molar-refractivity contribution in [2.75, 3.05) is 19.5 Å². The Balaban J connectivity index is 2.07. The predicted octanol–water partition coefficient (Wildman–Crippen LogP) is 1.91. The summed E-state index contributed by atoms with van der Waals surface area (Å²) in [5.41, 5.74) is 6.51. The summed E-state index contributed by atoms with van der Waals surface area (Å²) in [6.07, 6.45) is 2.72. The van der Waals surface area contributed by atoms with Crippen molar-refractivity contribution in [3.05, 3.63) is 35.4 Å². The van der Waals surface area contributed by atoms with Crippen LogP contribution in [0.1, 0.15) is 33.4 Å². The second-order valence-corrected chi connectivity index (χ2v) is 5.17. The fraction of sp³-hybridized carbons (Fsp3) is 0.286. The van der Waals surface area contributed by atoms with Crippen molar-refractivity contribution in [3.63, 3.8) is 0 Å². The Morgan fingerprint density at radius 3 is 2.83 bits per heavy atom. The second-order valence-electron chi connectivity index (χ2n) is 4.23. The average molecular weight is 337 g/mol. The number of hydrogen-bond donors (Lipinski definition) is 1. The molecule has 2 heterocycles. The van der Waals surface area contributed by atoms with Gasteiger partial charge in [0.05, 0.1) is 20.0 Å². The highest BCUT2D eigenvalue weighted by molar-refractivity contribution is 7.98. The third kappa shape index (κ3) is 4.01. The summed E-state index contributed by atoms with van der Waals surface area (Å²) < 4.78 is 14.6. The van der Waals surface area contributed by atoms with E-state index in [1.165, 1.54) is 31.3 Å². The van der Waals surface area contributed by atoms with Crippen molar-refractivity contribution >= 4 is 29.5 Å². The second kappa shape index (κ2) is 7.63. The molecule has 0 spiro atoms. The van der Waals surface area contributed by atoms with E-state index in [9.17, 15) is 9.59 Å². The van der Waals surface area contributed by atoms with Crippen LogP contribution in [0.5, 0.6) is 0 Å². The zero-order chi connectivity index (χ0) is 16.8. The number of nitrogen functional groups attached to an aromatic ring is 1. The van der Waals surface area contributed by atoms with Gasteiger partial charge in [0.25, 0.3) is 0 Å².